The first-order valence-corrected chi connectivity index (χ1v) is 6.39. The molecule has 94 valence electrons. The smallest absolute Gasteiger partial charge is 0.326 e. The molecule has 1 aromatic heterocycles. The molecule has 0 spiro atoms. The first kappa shape index (κ1) is 13.6. The summed E-state index contributed by atoms with van der Waals surface area (Å²) in [5.41, 5.74) is 0.705. The van der Waals surface area contributed by atoms with Gasteiger partial charge < -0.3 is 14.9 Å². The monoisotopic (exact) mass is 258 g/mol. The lowest BCUT2D eigenvalue weighted by Gasteiger charge is -2.12. The van der Waals surface area contributed by atoms with Crippen molar-refractivity contribution in [2.24, 2.45) is 0 Å². The molecule has 0 fully saturated rings. The third-order valence-corrected chi connectivity index (χ3v) is 2.82. The predicted octanol–water partition coefficient (Wildman–Crippen LogP) is 0.919. The Labute approximate surface area is 103 Å². The summed E-state index contributed by atoms with van der Waals surface area (Å²) >= 11 is 1.53. The van der Waals surface area contributed by atoms with Crippen molar-refractivity contribution in [2.45, 2.75) is 19.4 Å². The summed E-state index contributed by atoms with van der Waals surface area (Å²) in [6.45, 7) is 1.67. The average molecular weight is 258 g/mol. The van der Waals surface area contributed by atoms with Crippen molar-refractivity contribution in [3.63, 3.8) is 0 Å². The van der Waals surface area contributed by atoms with Gasteiger partial charge in [0.2, 0.25) is 0 Å². The third kappa shape index (κ3) is 3.77. The highest BCUT2D eigenvalue weighted by Gasteiger charge is 2.22. The Kier molecular flexibility index (Phi) is 5.02. The second-order valence-electron chi connectivity index (χ2n) is 3.49. The molecule has 1 amide bonds. The van der Waals surface area contributed by atoms with E-state index in [9.17, 15) is 9.59 Å². The number of nitrogens with one attached hydrogen (secondary N) is 1. The summed E-state index contributed by atoms with van der Waals surface area (Å²) in [5, 5.41) is 14.9. The molecule has 0 aliphatic carbocycles. The van der Waals surface area contributed by atoms with Crippen molar-refractivity contribution in [3.05, 3.63) is 17.5 Å². The minimum Gasteiger partial charge on any atom is -0.480 e. The average Bonchev–Trinajstić information content (AvgIpc) is 2.70. The van der Waals surface area contributed by atoms with Crippen LogP contribution in [0.4, 0.5) is 0 Å². The van der Waals surface area contributed by atoms with Crippen LogP contribution in [0, 0.1) is 6.92 Å². The summed E-state index contributed by atoms with van der Waals surface area (Å²) in [7, 11) is 0. The fourth-order valence-corrected chi connectivity index (χ4v) is 1.70. The first-order chi connectivity index (χ1) is 8.06. The van der Waals surface area contributed by atoms with Crippen LogP contribution in [0.15, 0.2) is 10.8 Å². The van der Waals surface area contributed by atoms with E-state index < -0.39 is 17.9 Å². The van der Waals surface area contributed by atoms with Crippen molar-refractivity contribution < 1.29 is 19.2 Å². The molecule has 0 saturated carbocycles. The van der Waals surface area contributed by atoms with Crippen LogP contribution in [0.25, 0.3) is 0 Å². The summed E-state index contributed by atoms with van der Waals surface area (Å²) in [6, 6.07) is -0.897. The van der Waals surface area contributed by atoms with Gasteiger partial charge in [-0.15, -0.1) is 0 Å². The number of hydrogen-bond acceptors (Lipinski definition) is 5. The van der Waals surface area contributed by atoms with Gasteiger partial charge in [0.15, 0.2) is 5.69 Å². The summed E-state index contributed by atoms with van der Waals surface area (Å²) < 4.78 is 4.63. The van der Waals surface area contributed by atoms with Gasteiger partial charge in [-0.05, 0) is 25.4 Å². The molecule has 1 aromatic rings. The minimum absolute atomic E-state index is 0.125. The number of carboxylic acids is 1. The molecular weight excluding hydrogens is 244 g/mol. The lowest BCUT2D eigenvalue weighted by Crippen LogP contribution is -2.41. The van der Waals surface area contributed by atoms with Crippen molar-refractivity contribution in [3.8, 4) is 0 Å². The molecule has 0 aromatic carbocycles. The molecule has 0 unspecified atom stereocenters. The zero-order valence-electron chi connectivity index (χ0n) is 9.60. The number of aliphatic carboxylic acids is 1. The van der Waals surface area contributed by atoms with Gasteiger partial charge in [0, 0.05) is 5.56 Å². The Morgan fingerprint density at radius 2 is 2.35 bits per heavy atom. The Morgan fingerprint density at radius 3 is 2.82 bits per heavy atom. The van der Waals surface area contributed by atoms with Gasteiger partial charge in [0.25, 0.3) is 5.91 Å². The Balaban J connectivity index is 2.64. The molecule has 7 heteroatoms. The van der Waals surface area contributed by atoms with Crippen LogP contribution >= 0.6 is 11.8 Å². The SMILES string of the molecule is CSCC[C@H](NC(=O)c1nocc1C)C(=O)O. The van der Waals surface area contributed by atoms with E-state index in [4.69, 9.17) is 5.11 Å². The molecular formula is C10H14N2O4S. The predicted molar refractivity (Wildman–Crippen MR) is 63.1 cm³/mol. The van der Waals surface area contributed by atoms with E-state index in [-0.39, 0.29) is 5.69 Å². The van der Waals surface area contributed by atoms with Gasteiger partial charge in [0.05, 0.1) is 0 Å². The minimum atomic E-state index is -1.05. The Morgan fingerprint density at radius 1 is 1.65 bits per heavy atom. The molecule has 0 saturated heterocycles. The molecule has 1 heterocycles. The van der Waals surface area contributed by atoms with Crippen LogP contribution < -0.4 is 5.32 Å². The van der Waals surface area contributed by atoms with E-state index in [0.717, 1.165) is 0 Å². The molecule has 0 bridgehead atoms. The van der Waals surface area contributed by atoms with Crippen molar-refractivity contribution in [1.82, 2.24) is 10.5 Å². The molecule has 0 aliphatic rings. The highest BCUT2D eigenvalue weighted by Crippen LogP contribution is 2.06. The van der Waals surface area contributed by atoms with Gasteiger partial charge >= 0.3 is 5.97 Å². The molecule has 0 radical (unpaired) electrons. The van der Waals surface area contributed by atoms with E-state index in [1.54, 1.807) is 6.92 Å². The van der Waals surface area contributed by atoms with Gasteiger partial charge in [-0.2, -0.15) is 11.8 Å². The molecule has 6 nitrogen and oxygen atoms in total. The van der Waals surface area contributed by atoms with Crippen LogP contribution in [-0.4, -0.2) is 40.2 Å². The van der Waals surface area contributed by atoms with E-state index in [2.05, 4.69) is 15.0 Å². The number of thioether (sulfide) groups is 1. The van der Waals surface area contributed by atoms with Gasteiger partial charge in [-0.25, -0.2) is 4.79 Å². The molecule has 2 N–H and O–H groups in total. The second kappa shape index (κ2) is 6.29. The first-order valence-electron chi connectivity index (χ1n) is 4.99. The summed E-state index contributed by atoms with van der Waals surface area (Å²) in [5.74, 6) is -0.909. The topological polar surface area (TPSA) is 92.4 Å². The summed E-state index contributed by atoms with van der Waals surface area (Å²) in [6.07, 6.45) is 3.59. The maximum absolute atomic E-state index is 11.7. The second-order valence-corrected chi connectivity index (χ2v) is 4.48. The lowest BCUT2D eigenvalue weighted by atomic mass is 10.2. The highest BCUT2D eigenvalue weighted by atomic mass is 32.2. The van der Waals surface area contributed by atoms with Crippen LogP contribution in [-0.2, 0) is 4.79 Å². The van der Waals surface area contributed by atoms with E-state index in [1.165, 1.54) is 18.0 Å². The molecule has 1 atom stereocenters. The van der Waals surface area contributed by atoms with Crippen molar-refractivity contribution in [2.75, 3.05) is 12.0 Å². The van der Waals surface area contributed by atoms with E-state index >= 15 is 0 Å². The largest absolute Gasteiger partial charge is 0.480 e. The number of aromatic nitrogens is 1. The number of carbonyl (C=O) groups is 2. The number of aryl methyl sites for hydroxylation is 1. The maximum Gasteiger partial charge on any atom is 0.326 e. The standard InChI is InChI=1S/C10H14N2O4S/c1-6-5-16-12-8(6)9(13)11-7(10(14)15)3-4-17-2/h5,7H,3-4H2,1-2H3,(H,11,13)(H,14,15)/t7-/m0/s1. The summed E-state index contributed by atoms with van der Waals surface area (Å²) in [4.78, 5) is 22.6. The van der Waals surface area contributed by atoms with Gasteiger partial charge in [-0.1, -0.05) is 5.16 Å². The van der Waals surface area contributed by atoms with E-state index in [0.29, 0.717) is 17.7 Å². The normalized spacial score (nSPS) is 12.1. The Hall–Kier alpha value is -1.50. The fraction of sp³-hybridized carbons (Fsp3) is 0.500. The Bertz CT molecular complexity index is 405. The zero-order chi connectivity index (χ0) is 12.8. The van der Waals surface area contributed by atoms with Crippen LogP contribution in [0.5, 0.6) is 0 Å². The number of nitrogens with zero attached hydrogens (tertiary/aromatic N) is 1. The van der Waals surface area contributed by atoms with Gasteiger partial charge in [-0.3, -0.25) is 4.79 Å². The number of rotatable bonds is 6. The van der Waals surface area contributed by atoms with Crippen molar-refractivity contribution >= 4 is 23.6 Å². The molecule has 1 rings (SSSR count). The third-order valence-electron chi connectivity index (χ3n) is 2.18. The van der Waals surface area contributed by atoms with Crippen LogP contribution in [0.3, 0.4) is 0 Å². The van der Waals surface area contributed by atoms with Crippen molar-refractivity contribution in [1.29, 1.82) is 0 Å². The lowest BCUT2D eigenvalue weighted by molar-refractivity contribution is -0.139. The molecule has 17 heavy (non-hydrogen) atoms. The number of amides is 1. The quantitative estimate of drug-likeness (QED) is 0.788. The highest BCUT2D eigenvalue weighted by molar-refractivity contribution is 7.98. The maximum atomic E-state index is 11.7. The number of carboxylic acid groups (broad SMARTS) is 1. The number of hydrogen-bond donors (Lipinski definition) is 2. The van der Waals surface area contributed by atoms with Crippen LogP contribution in [0.2, 0.25) is 0 Å². The fourth-order valence-electron chi connectivity index (χ4n) is 1.23. The van der Waals surface area contributed by atoms with Gasteiger partial charge in [0.1, 0.15) is 12.3 Å². The van der Waals surface area contributed by atoms with Crippen LogP contribution in [0.1, 0.15) is 22.5 Å². The number of carbonyl (C=O) groups excluding carboxylic acids is 1. The zero-order valence-corrected chi connectivity index (χ0v) is 10.4. The van der Waals surface area contributed by atoms with E-state index in [1.807, 2.05) is 6.26 Å². The molecule has 0 aliphatic heterocycles.